The van der Waals surface area contributed by atoms with Gasteiger partial charge in [-0.2, -0.15) is 0 Å². The fourth-order valence-corrected chi connectivity index (χ4v) is 8.60. The predicted octanol–water partition coefficient (Wildman–Crippen LogP) is 13.3. The Balaban J connectivity index is 1.78. The van der Waals surface area contributed by atoms with Gasteiger partial charge < -0.3 is 4.74 Å². The van der Waals surface area contributed by atoms with E-state index in [1.54, 1.807) is 5.57 Å². The van der Waals surface area contributed by atoms with Crippen molar-refractivity contribution in [3.8, 4) is 5.75 Å². The van der Waals surface area contributed by atoms with Crippen molar-refractivity contribution in [2.45, 2.75) is 180 Å². The fourth-order valence-electron chi connectivity index (χ4n) is 8.60. The van der Waals surface area contributed by atoms with E-state index in [-0.39, 0.29) is 5.97 Å². The van der Waals surface area contributed by atoms with Crippen LogP contribution in [0.2, 0.25) is 0 Å². The molecule has 3 fully saturated rings. The number of carbonyl (C=O) groups is 1. The molecule has 0 atom stereocenters. The van der Waals surface area contributed by atoms with Crippen LogP contribution in [-0.2, 0) is 4.79 Å². The molecule has 44 heavy (non-hydrogen) atoms. The average molecular weight is 603 g/mol. The van der Waals surface area contributed by atoms with E-state index in [0.29, 0.717) is 23.5 Å². The van der Waals surface area contributed by atoms with Crippen molar-refractivity contribution in [1.29, 1.82) is 0 Å². The number of ether oxygens (including phenoxy) is 1. The fraction of sp³-hybridized carbons (Fsp3) is 0.738. The molecule has 0 bridgehead atoms. The van der Waals surface area contributed by atoms with Crippen LogP contribution in [0, 0.1) is 17.8 Å². The number of hydrogen-bond donors (Lipinski definition) is 0. The van der Waals surface area contributed by atoms with Crippen molar-refractivity contribution in [2.75, 3.05) is 0 Å². The minimum atomic E-state index is -0.0145. The second-order valence-electron chi connectivity index (χ2n) is 14.8. The smallest absolute Gasteiger partial charge is 0.339 e. The molecule has 1 aromatic rings. The number of allylic oxidation sites excluding steroid dienone is 2. The molecule has 2 heteroatoms. The van der Waals surface area contributed by atoms with E-state index in [0.717, 1.165) is 29.6 Å². The Morgan fingerprint density at radius 2 is 0.841 bits per heavy atom. The summed E-state index contributed by atoms with van der Waals surface area (Å²) in [4.78, 5) is 14.8. The average Bonchev–Trinajstić information content (AvgIpc) is 3.04. The lowest BCUT2D eigenvalue weighted by Gasteiger charge is -2.34. The summed E-state index contributed by atoms with van der Waals surface area (Å²) in [7, 11) is 0. The highest BCUT2D eigenvalue weighted by Gasteiger charge is 2.34. The molecule has 0 aliphatic heterocycles. The Morgan fingerprint density at radius 3 is 1.18 bits per heavy atom. The summed E-state index contributed by atoms with van der Waals surface area (Å²) in [6.07, 6.45) is 35.6. The maximum Gasteiger partial charge on any atom is 0.339 e. The van der Waals surface area contributed by atoms with E-state index >= 15 is 0 Å². The normalized spacial score (nSPS) is 21.9. The molecule has 3 saturated carbocycles. The predicted molar refractivity (Wildman–Crippen MR) is 189 cm³/mol. The van der Waals surface area contributed by atoms with Crippen LogP contribution in [-0.4, -0.2) is 5.97 Å². The van der Waals surface area contributed by atoms with Crippen LogP contribution >= 0.6 is 0 Å². The molecule has 0 amide bonds. The number of carbonyl (C=O) groups excluding carboxylic acids is 1. The van der Waals surface area contributed by atoms with Crippen LogP contribution in [0.3, 0.4) is 0 Å². The maximum absolute atomic E-state index is 14.8. The highest BCUT2D eigenvalue weighted by molar-refractivity contribution is 5.92. The lowest BCUT2D eigenvalue weighted by atomic mass is 9.71. The minimum absolute atomic E-state index is 0.0145. The number of esters is 1. The van der Waals surface area contributed by atoms with Crippen molar-refractivity contribution >= 4 is 11.5 Å². The summed E-state index contributed by atoms with van der Waals surface area (Å²) >= 11 is 0. The molecule has 0 heterocycles. The van der Waals surface area contributed by atoms with Gasteiger partial charge in [-0.25, -0.2) is 4.79 Å². The highest BCUT2D eigenvalue weighted by Crippen LogP contribution is 2.43. The number of hydrogen-bond acceptors (Lipinski definition) is 2. The quantitative estimate of drug-likeness (QED) is 0.184. The first-order chi connectivity index (χ1) is 21.6. The summed E-state index contributed by atoms with van der Waals surface area (Å²) in [5.74, 6) is 2.11. The van der Waals surface area contributed by atoms with Crippen LogP contribution in [0.15, 0.2) is 42.0 Å². The topological polar surface area (TPSA) is 26.3 Å². The zero-order chi connectivity index (χ0) is 30.8. The Kier molecular flexibility index (Phi) is 16.2. The molecular weight excluding hydrogens is 536 g/mol. The van der Waals surface area contributed by atoms with Gasteiger partial charge in [0.1, 0.15) is 5.75 Å². The molecule has 4 rings (SSSR count). The third-order valence-electron chi connectivity index (χ3n) is 11.2. The molecule has 0 spiro atoms. The first-order valence-electron chi connectivity index (χ1n) is 19.4. The van der Waals surface area contributed by atoms with Crippen molar-refractivity contribution in [3.05, 3.63) is 47.6 Å². The van der Waals surface area contributed by atoms with Crippen molar-refractivity contribution in [1.82, 2.24) is 0 Å². The van der Waals surface area contributed by atoms with Gasteiger partial charge in [-0.3, -0.25) is 0 Å². The first kappa shape index (κ1) is 35.0. The van der Waals surface area contributed by atoms with Crippen LogP contribution in [0.4, 0.5) is 0 Å². The molecule has 1 aromatic carbocycles. The Morgan fingerprint density at radius 1 is 0.523 bits per heavy atom. The molecule has 2 nitrogen and oxygen atoms in total. The van der Waals surface area contributed by atoms with Crippen LogP contribution in [0.1, 0.15) is 186 Å². The van der Waals surface area contributed by atoms with Crippen molar-refractivity contribution in [2.24, 2.45) is 17.8 Å². The highest BCUT2D eigenvalue weighted by atomic mass is 16.5. The van der Waals surface area contributed by atoms with Gasteiger partial charge >= 0.3 is 5.97 Å². The second kappa shape index (κ2) is 20.3. The standard InChI is InChI=1S/C42H66O2/c1-34(2)35-30-32-39(33-31-35)44-42(43)41(38-28-22-16-10-5-11-17-23-29-38)40(36-24-18-12-6-3-7-13-19-25-36)37-26-20-14-8-4-9-15-21-27-37/h30-33,36-38H,1,3-29H2,2H3. The van der Waals surface area contributed by atoms with E-state index in [1.807, 2.05) is 19.1 Å². The van der Waals surface area contributed by atoms with E-state index in [4.69, 9.17) is 4.74 Å². The Bertz CT molecular complexity index is 943. The molecule has 0 saturated heterocycles. The minimum Gasteiger partial charge on any atom is -0.423 e. The van der Waals surface area contributed by atoms with Gasteiger partial charge in [0.25, 0.3) is 0 Å². The van der Waals surface area contributed by atoms with E-state index in [1.165, 1.54) is 161 Å². The molecular formula is C42H66O2. The number of rotatable bonds is 6. The Hall–Kier alpha value is -1.83. The van der Waals surface area contributed by atoms with E-state index in [9.17, 15) is 4.79 Å². The summed E-state index contributed by atoms with van der Waals surface area (Å²) in [6, 6.07) is 8.08. The van der Waals surface area contributed by atoms with Gasteiger partial charge in [0.05, 0.1) is 0 Å². The van der Waals surface area contributed by atoms with E-state index < -0.39 is 0 Å². The molecule has 0 radical (unpaired) electrons. The second-order valence-corrected chi connectivity index (χ2v) is 14.8. The van der Waals surface area contributed by atoms with Gasteiger partial charge in [-0.05, 0) is 80.9 Å². The molecule has 0 unspecified atom stereocenters. The SMILES string of the molecule is C=C(C)c1ccc(OC(=O)C(=C(C2CCCCCCCCC2)C2CCCCCCCCC2)C2CCCCCCCCC2)cc1. The van der Waals surface area contributed by atoms with Gasteiger partial charge in [-0.15, -0.1) is 0 Å². The first-order valence-corrected chi connectivity index (χ1v) is 19.4. The third-order valence-corrected chi connectivity index (χ3v) is 11.2. The third kappa shape index (κ3) is 11.8. The Labute approximate surface area is 271 Å². The molecule has 246 valence electrons. The van der Waals surface area contributed by atoms with Gasteiger partial charge in [0.15, 0.2) is 0 Å². The van der Waals surface area contributed by atoms with Crippen LogP contribution < -0.4 is 4.74 Å². The zero-order valence-electron chi connectivity index (χ0n) is 28.7. The van der Waals surface area contributed by atoms with Crippen LogP contribution in [0.25, 0.3) is 5.57 Å². The summed E-state index contributed by atoms with van der Waals surface area (Å²) in [5.41, 5.74) is 4.89. The molecule has 0 aromatic heterocycles. The largest absolute Gasteiger partial charge is 0.423 e. The van der Waals surface area contributed by atoms with Crippen molar-refractivity contribution < 1.29 is 9.53 Å². The lowest BCUT2D eigenvalue weighted by Crippen LogP contribution is -2.27. The zero-order valence-corrected chi connectivity index (χ0v) is 28.7. The maximum atomic E-state index is 14.8. The summed E-state index contributed by atoms with van der Waals surface area (Å²) in [5, 5.41) is 0. The summed E-state index contributed by atoms with van der Waals surface area (Å²) < 4.78 is 6.43. The van der Waals surface area contributed by atoms with Crippen LogP contribution in [0.5, 0.6) is 5.75 Å². The molecule has 0 N–H and O–H groups in total. The van der Waals surface area contributed by atoms with Crippen molar-refractivity contribution in [3.63, 3.8) is 0 Å². The van der Waals surface area contributed by atoms with Gasteiger partial charge in [0, 0.05) is 5.57 Å². The van der Waals surface area contributed by atoms with E-state index in [2.05, 4.69) is 18.7 Å². The van der Waals surface area contributed by atoms with Gasteiger partial charge in [0.2, 0.25) is 0 Å². The number of benzene rings is 1. The summed E-state index contributed by atoms with van der Waals surface area (Å²) in [6.45, 7) is 6.14. The van der Waals surface area contributed by atoms with Gasteiger partial charge in [-0.1, -0.05) is 165 Å². The lowest BCUT2D eigenvalue weighted by molar-refractivity contribution is -0.131. The molecule has 3 aliphatic carbocycles. The monoisotopic (exact) mass is 603 g/mol. The molecule has 3 aliphatic rings.